The number of rotatable bonds is 7. The van der Waals surface area contributed by atoms with Crippen molar-refractivity contribution in [2.75, 3.05) is 20.3 Å². The van der Waals surface area contributed by atoms with Crippen LogP contribution in [0, 0.1) is 0 Å². The van der Waals surface area contributed by atoms with Crippen molar-refractivity contribution < 1.29 is 4.74 Å². The SMILES string of the molecule is COCCNCc1cn(Cc2ccc(Br)cc2Cl)nn1. The molecular weight excluding hydrogens is 344 g/mol. The van der Waals surface area contributed by atoms with E-state index in [-0.39, 0.29) is 0 Å². The number of hydrogen-bond acceptors (Lipinski definition) is 4. The number of halogens is 2. The summed E-state index contributed by atoms with van der Waals surface area (Å²) >= 11 is 9.58. The second kappa shape index (κ2) is 7.73. The molecule has 0 aliphatic carbocycles. The molecule has 0 amide bonds. The van der Waals surface area contributed by atoms with E-state index >= 15 is 0 Å². The molecule has 0 atom stereocenters. The van der Waals surface area contributed by atoms with Crippen LogP contribution in [0.15, 0.2) is 28.9 Å². The molecule has 1 N–H and O–H groups in total. The third-order valence-electron chi connectivity index (χ3n) is 2.72. The van der Waals surface area contributed by atoms with Crippen LogP contribution in [0.5, 0.6) is 0 Å². The first-order chi connectivity index (χ1) is 9.69. The quantitative estimate of drug-likeness (QED) is 0.772. The maximum absolute atomic E-state index is 6.19. The Hall–Kier alpha value is -0.950. The van der Waals surface area contributed by atoms with E-state index in [1.165, 1.54) is 0 Å². The van der Waals surface area contributed by atoms with Crippen molar-refractivity contribution in [3.8, 4) is 0 Å². The van der Waals surface area contributed by atoms with E-state index in [2.05, 4.69) is 31.6 Å². The topological polar surface area (TPSA) is 52.0 Å². The second-order valence-electron chi connectivity index (χ2n) is 4.31. The van der Waals surface area contributed by atoms with Gasteiger partial charge >= 0.3 is 0 Å². The zero-order valence-corrected chi connectivity index (χ0v) is 13.5. The summed E-state index contributed by atoms with van der Waals surface area (Å²) in [5, 5.41) is 12.2. The molecule has 20 heavy (non-hydrogen) atoms. The molecule has 2 aromatic rings. The van der Waals surface area contributed by atoms with E-state index in [4.69, 9.17) is 16.3 Å². The van der Waals surface area contributed by atoms with Crippen molar-refractivity contribution in [2.24, 2.45) is 0 Å². The number of aromatic nitrogens is 3. The Balaban J connectivity index is 1.92. The minimum absolute atomic E-state index is 0.608. The van der Waals surface area contributed by atoms with Crippen LogP contribution in [0.4, 0.5) is 0 Å². The van der Waals surface area contributed by atoms with Gasteiger partial charge in [0.2, 0.25) is 0 Å². The predicted octanol–water partition coefficient (Wildman–Crippen LogP) is 2.48. The van der Waals surface area contributed by atoms with E-state index in [0.29, 0.717) is 19.7 Å². The fourth-order valence-corrected chi connectivity index (χ4v) is 2.45. The number of ether oxygens (including phenoxy) is 1. The predicted molar refractivity (Wildman–Crippen MR) is 81.9 cm³/mol. The molecular formula is C13H16BrClN4O. The lowest BCUT2D eigenvalue weighted by Gasteiger charge is -2.04. The Morgan fingerprint density at radius 3 is 3.05 bits per heavy atom. The summed E-state index contributed by atoms with van der Waals surface area (Å²) < 4.78 is 7.71. The lowest BCUT2D eigenvalue weighted by Crippen LogP contribution is -2.18. The van der Waals surface area contributed by atoms with Crippen LogP contribution in [0.2, 0.25) is 5.02 Å². The minimum Gasteiger partial charge on any atom is -0.383 e. The van der Waals surface area contributed by atoms with Gasteiger partial charge in [-0.1, -0.05) is 38.8 Å². The van der Waals surface area contributed by atoms with E-state index in [1.54, 1.807) is 11.8 Å². The van der Waals surface area contributed by atoms with Crippen molar-refractivity contribution in [1.82, 2.24) is 20.3 Å². The van der Waals surface area contributed by atoms with Crippen molar-refractivity contribution in [3.63, 3.8) is 0 Å². The van der Waals surface area contributed by atoms with Crippen molar-refractivity contribution in [1.29, 1.82) is 0 Å². The highest BCUT2D eigenvalue weighted by Gasteiger charge is 2.05. The normalized spacial score (nSPS) is 10.9. The fraction of sp³-hybridized carbons (Fsp3) is 0.385. The van der Waals surface area contributed by atoms with Crippen LogP contribution in [0.3, 0.4) is 0 Å². The van der Waals surface area contributed by atoms with Gasteiger partial charge in [-0.2, -0.15) is 0 Å². The smallest absolute Gasteiger partial charge is 0.0964 e. The Morgan fingerprint density at radius 2 is 2.30 bits per heavy atom. The lowest BCUT2D eigenvalue weighted by atomic mass is 10.2. The van der Waals surface area contributed by atoms with E-state index in [9.17, 15) is 0 Å². The molecule has 5 nitrogen and oxygen atoms in total. The molecule has 0 fully saturated rings. The third-order valence-corrected chi connectivity index (χ3v) is 3.57. The van der Waals surface area contributed by atoms with Gasteiger partial charge in [0.05, 0.1) is 25.0 Å². The highest BCUT2D eigenvalue weighted by molar-refractivity contribution is 9.10. The first-order valence-corrected chi connectivity index (χ1v) is 7.38. The van der Waals surface area contributed by atoms with Gasteiger partial charge in [0, 0.05) is 29.7 Å². The lowest BCUT2D eigenvalue weighted by molar-refractivity contribution is 0.199. The number of hydrogen-bond donors (Lipinski definition) is 1. The highest BCUT2D eigenvalue weighted by atomic mass is 79.9. The van der Waals surface area contributed by atoms with Crippen LogP contribution in [-0.4, -0.2) is 35.3 Å². The maximum atomic E-state index is 6.19. The van der Waals surface area contributed by atoms with Crippen LogP contribution < -0.4 is 5.32 Å². The fourth-order valence-electron chi connectivity index (χ4n) is 1.71. The zero-order valence-electron chi connectivity index (χ0n) is 11.1. The van der Waals surface area contributed by atoms with Gasteiger partial charge in [0.15, 0.2) is 0 Å². The zero-order chi connectivity index (χ0) is 14.4. The number of nitrogens with one attached hydrogen (secondary N) is 1. The summed E-state index contributed by atoms with van der Waals surface area (Å²) in [6, 6.07) is 5.82. The Bertz CT molecular complexity index is 561. The first kappa shape index (κ1) is 15.4. The largest absolute Gasteiger partial charge is 0.383 e. The summed E-state index contributed by atoms with van der Waals surface area (Å²) in [4.78, 5) is 0. The number of methoxy groups -OCH3 is 1. The molecule has 0 saturated heterocycles. The number of nitrogens with zero attached hydrogens (tertiary/aromatic N) is 3. The van der Waals surface area contributed by atoms with E-state index < -0.39 is 0 Å². The second-order valence-corrected chi connectivity index (χ2v) is 5.64. The molecule has 2 rings (SSSR count). The van der Waals surface area contributed by atoms with Crippen LogP contribution in [-0.2, 0) is 17.8 Å². The average Bonchev–Trinajstić information content (AvgIpc) is 2.86. The van der Waals surface area contributed by atoms with Gasteiger partial charge in [0.1, 0.15) is 0 Å². The minimum atomic E-state index is 0.608. The summed E-state index contributed by atoms with van der Waals surface area (Å²) in [6.45, 7) is 2.76. The maximum Gasteiger partial charge on any atom is 0.0964 e. The van der Waals surface area contributed by atoms with Crippen molar-refractivity contribution in [3.05, 3.63) is 45.1 Å². The molecule has 1 heterocycles. The van der Waals surface area contributed by atoms with Crippen LogP contribution in [0.1, 0.15) is 11.3 Å². The third kappa shape index (κ3) is 4.56. The van der Waals surface area contributed by atoms with Gasteiger partial charge in [-0.15, -0.1) is 5.10 Å². The molecule has 7 heteroatoms. The van der Waals surface area contributed by atoms with Crippen LogP contribution >= 0.6 is 27.5 Å². The summed E-state index contributed by atoms with van der Waals surface area (Å²) in [6.07, 6.45) is 1.91. The molecule has 0 radical (unpaired) electrons. The van der Waals surface area contributed by atoms with Gasteiger partial charge < -0.3 is 10.1 Å². The molecule has 0 aliphatic rings. The molecule has 1 aromatic heterocycles. The van der Waals surface area contributed by atoms with Gasteiger partial charge in [0.25, 0.3) is 0 Å². The summed E-state index contributed by atoms with van der Waals surface area (Å²) in [5.41, 5.74) is 1.91. The van der Waals surface area contributed by atoms with Crippen LogP contribution in [0.25, 0.3) is 0 Å². The van der Waals surface area contributed by atoms with E-state index in [0.717, 1.165) is 27.3 Å². The Labute approximate surface area is 131 Å². The van der Waals surface area contributed by atoms with E-state index in [1.807, 2.05) is 24.4 Å². The summed E-state index contributed by atoms with van der Waals surface area (Å²) in [5.74, 6) is 0. The Kier molecular flexibility index (Phi) is 5.97. The molecule has 1 aromatic carbocycles. The Morgan fingerprint density at radius 1 is 1.45 bits per heavy atom. The van der Waals surface area contributed by atoms with Crippen molar-refractivity contribution in [2.45, 2.75) is 13.1 Å². The molecule has 0 aliphatic heterocycles. The number of benzene rings is 1. The molecule has 0 unspecified atom stereocenters. The molecule has 0 spiro atoms. The van der Waals surface area contributed by atoms with Crippen molar-refractivity contribution >= 4 is 27.5 Å². The van der Waals surface area contributed by atoms with Gasteiger partial charge in [-0.25, -0.2) is 4.68 Å². The average molecular weight is 360 g/mol. The monoisotopic (exact) mass is 358 g/mol. The molecule has 0 saturated carbocycles. The van der Waals surface area contributed by atoms with Gasteiger partial charge in [-0.3, -0.25) is 0 Å². The molecule has 108 valence electrons. The highest BCUT2D eigenvalue weighted by Crippen LogP contribution is 2.21. The van der Waals surface area contributed by atoms with Gasteiger partial charge in [-0.05, 0) is 17.7 Å². The molecule has 0 bridgehead atoms. The summed E-state index contributed by atoms with van der Waals surface area (Å²) in [7, 11) is 1.68. The first-order valence-electron chi connectivity index (χ1n) is 6.21. The standard InChI is InChI=1S/C13H16BrClN4O/c1-20-5-4-16-7-12-9-19(18-17-12)8-10-2-3-11(14)6-13(10)15/h2-3,6,9,16H,4-5,7-8H2,1H3.